The fraction of sp³-hybridized carbons (Fsp3) is 0.231. The molecule has 4 heteroatoms. The van der Waals surface area contributed by atoms with E-state index in [2.05, 4.69) is 27.9 Å². The lowest BCUT2D eigenvalue weighted by Crippen LogP contribution is -2.23. The zero-order chi connectivity index (χ0) is 12.1. The second-order valence-corrected chi connectivity index (χ2v) is 3.83. The number of benzene rings is 1. The van der Waals surface area contributed by atoms with Crippen molar-refractivity contribution in [2.24, 2.45) is 0 Å². The van der Waals surface area contributed by atoms with E-state index in [1.807, 2.05) is 24.3 Å². The highest BCUT2D eigenvalue weighted by atomic mass is 15.2. The Morgan fingerprint density at radius 3 is 2.82 bits per heavy atom. The molecule has 0 spiro atoms. The molecule has 88 valence electrons. The van der Waals surface area contributed by atoms with Crippen LogP contribution in [0.15, 0.2) is 42.9 Å². The van der Waals surface area contributed by atoms with Crippen molar-refractivity contribution in [1.29, 1.82) is 0 Å². The average Bonchev–Trinajstić information content (AvgIpc) is 2.37. The zero-order valence-electron chi connectivity index (χ0n) is 9.87. The first-order valence-electron chi connectivity index (χ1n) is 5.65. The fourth-order valence-corrected chi connectivity index (χ4v) is 1.74. The molecule has 2 aromatic rings. The summed E-state index contributed by atoms with van der Waals surface area (Å²) in [5.74, 6) is 0.935. The van der Waals surface area contributed by atoms with E-state index in [-0.39, 0.29) is 0 Å². The molecule has 1 aromatic carbocycles. The van der Waals surface area contributed by atoms with Crippen LogP contribution in [0.2, 0.25) is 0 Å². The molecule has 1 heterocycles. The first-order chi connectivity index (χ1) is 8.29. The molecular formula is C13H16N4. The van der Waals surface area contributed by atoms with Crippen molar-refractivity contribution in [3.05, 3.63) is 48.4 Å². The summed E-state index contributed by atoms with van der Waals surface area (Å²) in [7, 11) is 0. The van der Waals surface area contributed by atoms with Crippen LogP contribution in [0.25, 0.3) is 0 Å². The summed E-state index contributed by atoms with van der Waals surface area (Å²) >= 11 is 0. The lowest BCUT2D eigenvalue weighted by molar-refractivity contribution is 0.810. The molecule has 4 nitrogen and oxygen atoms in total. The summed E-state index contributed by atoms with van der Waals surface area (Å²) in [6.07, 6.45) is 3.32. The van der Waals surface area contributed by atoms with Gasteiger partial charge in [-0.1, -0.05) is 12.1 Å². The molecule has 2 rings (SSSR count). The van der Waals surface area contributed by atoms with Crippen molar-refractivity contribution >= 4 is 11.5 Å². The standard InChI is InChI=1S/C13H16N4/c1-2-17(13-6-7-15-10-16-13)9-11-4-3-5-12(14)8-11/h3-8,10H,2,9,14H2,1H3. The van der Waals surface area contributed by atoms with Gasteiger partial charge >= 0.3 is 0 Å². The van der Waals surface area contributed by atoms with Crippen LogP contribution in [0.4, 0.5) is 11.5 Å². The first kappa shape index (κ1) is 11.4. The minimum Gasteiger partial charge on any atom is -0.399 e. The molecule has 1 aromatic heterocycles. The third kappa shape index (κ3) is 2.93. The second-order valence-electron chi connectivity index (χ2n) is 3.83. The largest absolute Gasteiger partial charge is 0.399 e. The quantitative estimate of drug-likeness (QED) is 0.814. The van der Waals surface area contributed by atoms with Gasteiger partial charge in [-0.25, -0.2) is 9.97 Å². The predicted octanol–water partition coefficient (Wildman–Crippen LogP) is 2.09. The summed E-state index contributed by atoms with van der Waals surface area (Å²) in [5.41, 5.74) is 7.75. The van der Waals surface area contributed by atoms with Gasteiger partial charge in [-0.3, -0.25) is 0 Å². The van der Waals surface area contributed by atoms with Crippen molar-refractivity contribution in [1.82, 2.24) is 9.97 Å². The van der Waals surface area contributed by atoms with Gasteiger partial charge in [0.05, 0.1) is 0 Å². The second kappa shape index (κ2) is 5.30. The summed E-state index contributed by atoms with van der Waals surface area (Å²) in [5, 5.41) is 0. The Balaban J connectivity index is 2.16. The van der Waals surface area contributed by atoms with E-state index in [0.29, 0.717) is 0 Å². The highest BCUT2D eigenvalue weighted by molar-refractivity contribution is 5.43. The molecule has 0 atom stereocenters. The number of nitrogens with two attached hydrogens (primary N) is 1. The monoisotopic (exact) mass is 228 g/mol. The number of nitrogens with zero attached hydrogens (tertiary/aromatic N) is 3. The first-order valence-corrected chi connectivity index (χ1v) is 5.65. The van der Waals surface area contributed by atoms with E-state index in [1.54, 1.807) is 12.5 Å². The Kier molecular flexibility index (Phi) is 3.55. The van der Waals surface area contributed by atoms with Crippen LogP contribution in [-0.2, 0) is 6.54 Å². The van der Waals surface area contributed by atoms with Crippen LogP contribution in [0, 0.1) is 0 Å². The zero-order valence-corrected chi connectivity index (χ0v) is 9.87. The van der Waals surface area contributed by atoms with E-state index in [9.17, 15) is 0 Å². The van der Waals surface area contributed by atoms with Gasteiger partial charge in [-0.2, -0.15) is 0 Å². The Labute approximate surface area is 101 Å². The SMILES string of the molecule is CCN(Cc1cccc(N)c1)c1ccncn1. The van der Waals surface area contributed by atoms with Crippen molar-refractivity contribution in [2.45, 2.75) is 13.5 Å². The molecule has 0 aliphatic carbocycles. The summed E-state index contributed by atoms with van der Waals surface area (Å²) in [4.78, 5) is 10.4. The molecule has 0 aliphatic heterocycles. The topological polar surface area (TPSA) is 55.0 Å². The molecule has 0 radical (unpaired) electrons. The lowest BCUT2D eigenvalue weighted by atomic mass is 10.2. The van der Waals surface area contributed by atoms with E-state index in [1.165, 1.54) is 5.56 Å². The number of hydrogen-bond acceptors (Lipinski definition) is 4. The molecule has 0 aliphatic rings. The van der Waals surface area contributed by atoms with Gasteiger partial charge in [0, 0.05) is 25.0 Å². The molecule has 0 saturated heterocycles. The van der Waals surface area contributed by atoms with E-state index < -0.39 is 0 Å². The van der Waals surface area contributed by atoms with Gasteiger partial charge in [0.15, 0.2) is 0 Å². The van der Waals surface area contributed by atoms with Gasteiger partial charge in [-0.15, -0.1) is 0 Å². The lowest BCUT2D eigenvalue weighted by Gasteiger charge is -2.21. The maximum Gasteiger partial charge on any atom is 0.132 e. The molecular weight excluding hydrogens is 212 g/mol. The minimum atomic E-state index is 0.793. The van der Waals surface area contributed by atoms with Gasteiger partial charge in [0.1, 0.15) is 12.1 Å². The number of anilines is 2. The number of nitrogen functional groups attached to an aromatic ring is 1. The summed E-state index contributed by atoms with van der Waals surface area (Å²) < 4.78 is 0. The molecule has 0 fully saturated rings. The average molecular weight is 228 g/mol. The summed E-state index contributed by atoms with van der Waals surface area (Å²) in [6.45, 7) is 3.80. The van der Waals surface area contributed by atoms with Crippen molar-refractivity contribution in [2.75, 3.05) is 17.2 Å². The highest BCUT2D eigenvalue weighted by Crippen LogP contribution is 2.14. The van der Waals surface area contributed by atoms with Gasteiger partial charge in [-0.05, 0) is 30.7 Å². The third-order valence-corrected chi connectivity index (χ3v) is 2.60. The Bertz CT molecular complexity index is 470. The molecule has 0 unspecified atom stereocenters. The molecule has 17 heavy (non-hydrogen) atoms. The van der Waals surface area contributed by atoms with Crippen molar-refractivity contribution in [3.8, 4) is 0 Å². The molecule has 0 bridgehead atoms. The maximum atomic E-state index is 5.77. The van der Waals surface area contributed by atoms with Gasteiger partial charge in [0.2, 0.25) is 0 Å². The van der Waals surface area contributed by atoms with Gasteiger partial charge < -0.3 is 10.6 Å². The van der Waals surface area contributed by atoms with Crippen LogP contribution in [0.3, 0.4) is 0 Å². The highest BCUT2D eigenvalue weighted by Gasteiger charge is 2.06. The normalized spacial score (nSPS) is 10.2. The number of aromatic nitrogens is 2. The number of hydrogen-bond donors (Lipinski definition) is 1. The van der Waals surface area contributed by atoms with Crippen molar-refractivity contribution < 1.29 is 0 Å². The Hall–Kier alpha value is -2.10. The van der Waals surface area contributed by atoms with Gasteiger partial charge in [0.25, 0.3) is 0 Å². The number of rotatable bonds is 4. The van der Waals surface area contributed by atoms with E-state index >= 15 is 0 Å². The van der Waals surface area contributed by atoms with Crippen LogP contribution >= 0.6 is 0 Å². The van der Waals surface area contributed by atoms with E-state index in [0.717, 1.165) is 24.6 Å². The van der Waals surface area contributed by atoms with E-state index in [4.69, 9.17) is 5.73 Å². The smallest absolute Gasteiger partial charge is 0.132 e. The molecule has 0 amide bonds. The van der Waals surface area contributed by atoms with Crippen LogP contribution in [0.1, 0.15) is 12.5 Å². The van der Waals surface area contributed by atoms with Crippen LogP contribution < -0.4 is 10.6 Å². The molecule has 2 N–H and O–H groups in total. The van der Waals surface area contributed by atoms with Crippen LogP contribution in [-0.4, -0.2) is 16.5 Å². The Morgan fingerprint density at radius 1 is 1.29 bits per heavy atom. The fourth-order valence-electron chi connectivity index (χ4n) is 1.74. The van der Waals surface area contributed by atoms with Crippen LogP contribution in [0.5, 0.6) is 0 Å². The van der Waals surface area contributed by atoms with Crippen molar-refractivity contribution in [3.63, 3.8) is 0 Å². The maximum absolute atomic E-state index is 5.77. The summed E-state index contributed by atoms with van der Waals surface area (Å²) in [6, 6.07) is 9.84. The molecule has 0 saturated carbocycles. The third-order valence-electron chi connectivity index (χ3n) is 2.60. The minimum absolute atomic E-state index is 0.793. The predicted molar refractivity (Wildman–Crippen MR) is 69.6 cm³/mol. The Morgan fingerprint density at radius 2 is 2.18 bits per heavy atom.